The van der Waals surface area contributed by atoms with Crippen LogP contribution in [0.15, 0.2) is 59.8 Å². The fourth-order valence-corrected chi connectivity index (χ4v) is 3.58. The highest BCUT2D eigenvalue weighted by Crippen LogP contribution is 2.34. The Morgan fingerprint density at radius 3 is 2.41 bits per heavy atom. The monoisotopic (exact) mass is 414 g/mol. The van der Waals surface area contributed by atoms with Gasteiger partial charge in [-0.05, 0) is 61.1 Å². The molecular weight excluding hydrogens is 395 g/mol. The van der Waals surface area contributed by atoms with Crippen LogP contribution < -0.4 is 15.0 Å². The molecule has 2 aromatic rings. The highest BCUT2D eigenvalue weighted by molar-refractivity contribution is 7.80. The van der Waals surface area contributed by atoms with Gasteiger partial charge in [-0.15, -0.1) is 0 Å². The molecule has 0 radical (unpaired) electrons. The van der Waals surface area contributed by atoms with Gasteiger partial charge in [0.25, 0.3) is 5.78 Å². The molecule has 0 aromatic heterocycles. The van der Waals surface area contributed by atoms with Crippen molar-refractivity contribution < 1.29 is 23.5 Å². The number of Topliss-reactive ketones (excluding diaryl/α,β-unsaturated/α-hetero) is 1. The average molecular weight is 414 g/mol. The summed E-state index contributed by atoms with van der Waals surface area (Å²) in [5.41, 5.74) is 1.72. The van der Waals surface area contributed by atoms with Gasteiger partial charge in [0.05, 0.1) is 25.8 Å². The third-order valence-electron chi connectivity index (χ3n) is 4.61. The maximum absolute atomic E-state index is 13.8. The van der Waals surface area contributed by atoms with Crippen LogP contribution in [0.5, 0.6) is 5.75 Å². The minimum Gasteiger partial charge on any atom is -0.497 e. The number of rotatable bonds is 5. The Morgan fingerprint density at radius 1 is 1.14 bits per heavy atom. The van der Waals surface area contributed by atoms with Gasteiger partial charge in [0.15, 0.2) is 5.11 Å². The summed E-state index contributed by atoms with van der Waals surface area (Å²) in [6.07, 6.45) is 0. The number of allylic oxidation sites excluding steroid dienone is 1. The Morgan fingerprint density at radius 2 is 1.83 bits per heavy atom. The molecule has 29 heavy (non-hydrogen) atoms. The molecule has 1 N–H and O–H groups in total. The molecule has 1 aliphatic rings. The average Bonchev–Trinajstić information content (AvgIpc) is 2.72. The van der Waals surface area contributed by atoms with Gasteiger partial charge in [0.2, 0.25) is 0 Å². The molecule has 2 aromatic carbocycles. The highest BCUT2D eigenvalue weighted by Gasteiger charge is 2.37. The largest absolute Gasteiger partial charge is 0.497 e. The van der Waals surface area contributed by atoms with Gasteiger partial charge in [0.1, 0.15) is 11.6 Å². The predicted molar refractivity (Wildman–Crippen MR) is 110 cm³/mol. The van der Waals surface area contributed by atoms with Gasteiger partial charge in [-0.3, -0.25) is 9.69 Å². The van der Waals surface area contributed by atoms with Crippen molar-refractivity contribution in [2.45, 2.75) is 13.0 Å². The van der Waals surface area contributed by atoms with Gasteiger partial charge in [-0.2, -0.15) is 0 Å². The van der Waals surface area contributed by atoms with E-state index < -0.39 is 23.6 Å². The number of ether oxygens (including phenoxy) is 2. The maximum atomic E-state index is 13.8. The zero-order chi connectivity index (χ0) is 21.1. The second-order valence-electron chi connectivity index (χ2n) is 6.29. The third-order valence-corrected chi connectivity index (χ3v) is 4.91. The van der Waals surface area contributed by atoms with E-state index in [2.05, 4.69) is 10.1 Å². The van der Waals surface area contributed by atoms with Crippen LogP contribution in [-0.2, 0) is 14.3 Å². The summed E-state index contributed by atoms with van der Waals surface area (Å²) in [5, 5.41) is 3.36. The van der Waals surface area contributed by atoms with E-state index in [1.165, 1.54) is 18.2 Å². The van der Waals surface area contributed by atoms with Crippen molar-refractivity contribution in [3.63, 3.8) is 0 Å². The van der Waals surface area contributed by atoms with Crippen LogP contribution in [0.25, 0.3) is 0 Å². The van der Waals surface area contributed by atoms with Crippen molar-refractivity contribution in [1.29, 1.82) is 0 Å². The van der Waals surface area contributed by atoms with E-state index in [0.29, 0.717) is 27.8 Å². The minimum absolute atomic E-state index is 0.131. The van der Waals surface area contributed by atoms with Gasteiger partial charge in [0, 0.05) is 11.4 Å². The Balaban J connectivity index is 2.15. The topological polar surface area (TPSA) is 67.9 Å². The number of ketones is 1. The second kappa shape index (κ2) is 8.40. The zero-order valence-corrected chi connectivity index (χ0v) is 16.9. The van der Waals surface area contributed by atoms with E-state index in [4.69, 9.17) is 17.0 Å². The van der Waals surface area contributed by atoms with Crippen LogP contribution in [0.3, 0.4) is 0 Å². The first-order valence-electron chi connectivity index (χ1n) is 8.71. The lowest BCUT2D eigenvalue weighted by Crippen LogP contribution is -2.48. The van der Waals surface area contributed by atoms with Gasteiger partial charge >= 0.3 is 5.97 Å². The SMILES string of the molecule is COC(=O)C(=O)C1=C(C)N(c2ccc(OC)cc2)C(=S)N[C@H]1c1cccc(F)c1. The molecule has 0 bridgehead atoms. The number of nitrogens with zero attached hydrogens (tertiary/aromatic N) is 1. The quantitative estimate of drug-likeness (QED) is 0.457. The fraction of sp³-hybridized carbons (Fsp3) is 0.190. The summed E-state index contributed by atoms with van der Waals surface area (Å²) >= 11 is 5.52. The molecule has 8 heteroatoms. The van der Waals surface area contributed by atoms with Crippen LogP contribution >= 0.6 is 12.2 Å². The van der Waals surface area contributed by atoms with E-state index in [1.807, 2.05) is 0 Å². The molecule has 0 spiro atoms. The van der Waals surface area contributed by atoms with Crippen molar-refractivity contribution in [1.82, 2.24) is 5.32 Å². The normalized spacial score (nSPS) is 16.3. The third kappa shape index (κ3) is 3.97. The summed E-state index contributed by atoms with van der Waals surface area (Å²) in [7, 11) is 2.69. The molecule has 0 amide bonds. The van der Waals surface area contributed by atoms with Crippen LogP contribution in [-0.4, -0.2) is 31.1 Å². The van der Waals surface area contributed by atoms with E-state index in [0.717, 1.165) is 7.11 Å². The first-order chi connectivity index (χ1) is 13.9. The molecule has 1 atom stereocenters. The van der Waals surface area contributed by atoms with Crippen molar-refractivity contribution in [3.8, 4) is 5.75 Å². The molecule has 150 valence electrons. The number of carbonyl (C=O) groups is 2. The molecule has 0 fully saturated rings. The standard InChI is InChI=1S/C21H19FN2O4S/c1-12-17(19(25)20(26)28-3)18(13-5-4-6-14(22)11-13)23-21(29)24(12)15-7-9-16(27-2)10-8-15/h4-11,18H,1-3H3,(H,23,29)/t18-/m0/s1. The Hall–Kier alpha value is -3.26. The van der Waals surface area contributed by atoms with E-state index in [-0.39, 0.29) is 5.57 Å². The molecule has 0 saturated carbocycles. The van der Waals surface area contributed by atoms with Crippen molar-refractivity contribution in [3.05, 3.63) is 71.2 Å². The highest BCUT2D eigenvalue weighted by atomic mass is 32.1. The fourth-order valence-electron chi connectivity index (χ4n) is 3.22. The number of anilines is 1. The summed E-state index contributed by atoms with van der Waals surface area (Å²) in [4.78, 5) is 26.5. The number of thiocarbonyl (C=S) groups is 1. The maximum Gasteiger partial charge on any atom is 0.379 e. The number of hydrogen-bond acceptors (Lipinski definition) is 5. The van der Waals surface area contributed by atoms with Crippen LogP contribution in [0, 0.1) is 5.82 Å². The van der Waals surface area contributed by atoms with Crippen molar-refractivity contribution >= 4 is 34.8 Å². The number of nitrogens with one attached hydrogen (secondary N) is 1. The van der Waals surface area contributed by atoms with E-state index in [1.54, 1.807) is 49.3 Å². The molecule has 1 heterocycles. The lowest BCUT2D eigenvalue weighted by molar-refractivity contribution is -0.150. The van der Waals surface area contributed by atoms with Crippen LogP contribution in [0.2, 0.25) is 0 Å². The summed E-state index contributed by atoms with van der Waals surface area (Å²) in [6, 6.07) is 12.0. The zero-order valence-electron chi connectivity index (χ0n) is 16.1. The van der Waals surface area contributed by atoms with Crippen molar-refractivity contribution in [2.24, 2.45) is 0 Å². The minimum atomic E-state index is -1.01. The van der Waals surface area contributed by atoms with Gasteiger partial charge < -0.3 is 14.8 Å². The number of methoxy groups -OCH3 is 2. The smallest absolute Gasteiger partial charge is 0.379 e. The van der Waals surface area contributed by atoms with E-state index in [9.17, 15) is 14.0 Å². The predicted octanol–water partition coefficient (Wildman–Crippen LogP) is 3.29. The summed E-state index contributed by atoms with van der Waals surface area (Å²) in [5.74, 6) is -1.64. The molecule has 1 aliphatic heterocycles. The lowest BCUT2D eigenvalue weighted by Gasteiger charge is -2.37. The lowest BCUT2D eigenvalue weighted by atomic mass is 9.91. The number of halogens is 1. The van der Waals surface area contributed by atoms with Crippen molar-refractivity contribution in [2.75, 3.05) is 19.1 Å². The first-order valence-corrected chi connectivity index (χ1v) is 9.11. The second-order valence-corrected chi connectivity index (χ2v) is 6.68. The number of hydrogen-bond donors (Lipinski definition) is 1. The molecule has 0 aliphatic carbocycles. The molecule has 6 nitrogen and oxygen atoms in total. The first kappa shape index (κ1) is 20.5. The Kier molecular flexibility index (Phi) is 5.93. The summed E-state index contributed by atoms with van der Waals surface area (Å²) in [6.45, 7) is 1.68. The number of carbonyl (C=O) groups excluding carboxylic acids is 2. The van der Waals surface area contributed by atoms with Crippen LogP contribution in [0.4, 0.5) is 10.1 Å². The van der Waals surface area contributed by atoms with Gasteiger partial charge in [-0.25, -0.2) is 9.18 Å². The van der Waals surface area contributed by atoms with Gasteiger partial charge in [-0.1, -0.05) is 12.1 Å². The molecular formula is C21H19FN2O4S. The molecule has 3 rings (SSSR count). The number of benzene rings is 2. The Bertz CT molecular complexity index is 1000. The van der Waals surface area contributed by atoms with E-state index >= 15 is 0 Å². The summed E-state index contributed by atoms with van der Waals surface area (Å²) < 4.78 is 23.6. The van der Waals surface area contributed by atoms with Crippen LogP contribution in [0.1, 0.15) is 18.5 Å². The Labute approximate surface area is 172 Å². The molecule has 0 saturated heterocycles. The molecule has 0 unspecified atom stereocenters. The number of esters is 1.